The fourth-order valence-corrected chi connectivity index (χ4v) is 5.28. The number of hydrogen-bond donors (Lipinski definition) is 2. The van der Waals surface area contributed by atoms with E-state index in [1.807, 2.05) is 24.4 Å². The third-order valence-corrected chi connectivity index (χ3v) is 6.85. The molecule has 2 aromatic heterocycles. The summed E-state index contributed by atoms with van der Waals surface area (Å²) in [6, 6.07) is 33.5. The second-order valence-corrected chi connectivity index (χ2v) is 8.73. The van der Waals surface area contributed by atoms with Crippen LogP contribution in [0.4, 0.5) is 5.69 Å². The van der Waals surface area contributed by atoms with Gasteiger partial charge in [0.25, 0.3) is 0 Å². The summed E-state index contributed by atoms with van der Waals surface area (Å²) in [4.78, 5) is 1.13. The number of fused-ring (bicyclic) bond motifs is 1. The van der Waals surface area contributed by atoms with Gasteiger partial charge in [0, 0.05) is 16.8 Å². The van der Waals surface area contributed by atoms with Crippen molar-refractivity contribution >= 4 is 17.0 Å². The van der Waals surface area contributed by atoms with Crippen LogP contribution in [0.25, 0.3) is 10.6 Å². The number of benzene rings is 3. The van der Waals surface area contributed by atoms with E-state index < -0.39 is 5.60 Å². The molecule has 6 rings (SSSR count). The summed E-state index contributed by atoms with van der Waals surface area (Å²) in [5.74, 6) is 0. The van der Waals surface area contributed by atoms with Crippen LogP contribution in [0, 0.1) is 0 Å². The monoisotopic (exact) mass is 435 g/mol. The smallest absolute Gasteiger partial charge is 0.159 e. The number of ether oxygens (including phenoxy) is 1. The first-order chi connectivity index (χ1) is 15.9. The molecule has 1 unspecified atom stereocenters. The molecule has 0 saturated heterocycles. The number of aromatic amines is 1. The lowest BCUT2D eigenvalue weighted by Crippen LogP contribution is -2.40. The molecule has 156 valence electrons. The van der Waals surface area contributed by atoms with Gasteiger partial charge in [-0.25, -0.2) is 0 Å². The Bertz CT molecular complexity index is 1290. The van der Waals surface area contributed by atoms with Crippen LogP contribution in [-0.4, -0.2) is 10.2 Å². The molecule has 0 fully saturated rings. The molecule has 1 aliphatic heterocycles. The molecule has 4 nitrogen and oxygen atoms in total. The van der Waals surface area contributed by atoms with Crippen molar-refractivity contribution in [2.24, 2.45) is 0 Å². The fourth-order valence-electron chi connectivity index (χ4n) is 4.54. The van der Waals surface area contributed by atoms with Crippen LogP contribution in [0.3, 0.4) is 0 Å². The van der Waals surface area contributed by atoms with E-state index in [4.69, 9.17) is 4.74 Å². The van der Waals surface area contributed by atoms with Crippen molar-refractivity contribution < 1.29 is 4.74 Å². The van der Waals surface area contributed by atoms with E-state index in [0.717, 1.165) is 38.5 Å². The Morgan fingerprint density at radius 2 is 1.47 bits per heavy atom. The van der Waals surface area contributed by atoms with E-state index in [-0.39, 0.29) is 6.23 Å². The highest BCUT2D eigenvalue weighted by molar-refractivity contribution is 7.13. The lowest BCUT2D eigenvalue weighted by molar-refractivity contribution is -0.0429. The van der Waals surface area contributed by atoms with Crippen molar-refractivity contribution in [2.75, 3.05) is 5.32 Å². The van der Waals surface area contributed by atoms with Gasteiger partial charge in [-0.05, 0) is 28.6 Å². The second-order valence-electron chi connectivity index (χ2n) is 7.78. The average Bonchev–Trinajstić information content (AvgIpc) is 3.56. The molecule has 2 N–H and O–H groups in total. The van der Waals surface area contributed by atoms with Gasteiger partial charge in [0.05, 0.1) is 16.8 Å². The Morgan fingerprint density at radius 3 is 2.16 bits per heavy atom. The molecule has 1 aliphatic rings. The van der Waals surface area contributed by atoms with Crippen molar-refractivity contribution in [1.82, 2.24) is 10.2 Å². The van der Waals surface area contributed by atoms with E-state index in [0.29, 0.717) is 0 Å². The van der Waals surface area contributed by atoms with Gasteiger partial charge in [-0.2, -0.15) is 5.10 Å². The van der Waals surface area contributed by atoms with Gasteiger partial charge in [0.1, 0.15) is 5.60 Å². The normalized spacial score (nSPS) is 16.8. The lowest BCUT2D eigenvalue weighted by atomic mass is 9.78. The van der Waals surface area contributed by atoms with Crippen LogP contribution >= 0.6 is 11.3 Å². The highest BCUT2D eigenvalue weighted by atomic mass is 32.1. The van der Waals surface area contributed by atoms with Crippen LogP contribution in [-0.2, 0) is 10.3 Å². The Balaban J connectivity index is 1.59. The molecule has 5 heteroatoms. The molecule has 0 amide bonds. The predicted octanol–water partition coefficient (Wildman–Crippen LogP) is 6.57. The summed E-state index contributed by atoms with van der Waals surface area (Å²) >= 11 is 1.68. The van der Waals surface area contributed by atoms with Crippen LogP contribution in [0.1, 0.15) is 28.5 Å². The Kier molecular flexibility index (Phi) is 4.63. The number of nitrogens with zero attached hydrogens (tertiary/aromatic N) is 1. The highest BCUT2D eigenvalue weighted by Gasteiger charge is 2.45. The molecular weight excluding hydrogens is 414 g/mol. The van der Waals surface area contributed by atoms with Crippen molar-refractivity contribution in [1.29, 1.82) is 0 Å². The number of nitrogens with one attached hydrogen (secondary N) is 2. The first-order valence-corrected chi connectivity index (χ1v) is 11.5. The van der Waals surface area contributed by atoms with E-state index in [1.54, 1.807) is 11.3 Å². The van der Waals surface area contributed by atoms with Gasteiger partial charge in [-0.15, -0.1) is 11.3 Å². The summed E-state index contributed by atoms with van der Waals surface area (Å²) < 4.78 is 7.09. The minimum Gasteiger partial charge on any atom is -0.356 e. The molecular formula is C27H21N3OS. The van der Waals surface area contributed by atoms with Gasteiger partial charge in [-0.3, -0.25) is 5.10 Å². The van der Waals surface area contributed by atoms with Gasteiger partial charge in [0.2, 0.25) is 0 Å². The number of H-pyrrole nitrogens is 1. The third-order valence-electron chi connectivity index (χ3n) is 5.97. The maximum Gasteiger partial charge on any atom is 0.159 e. The molecule has 0 aliphatic carbocycles. The number of rotatable bonds is 4. The number of anilines is 1. The zero-order valence-corrected chi connectivity index (χ0v) is 18.0. The number of thiophene rings is 1. The van der Waals surface area contributed by atoms with Gasteiger partial charge in [-0.1, -0.05) is 84.9 Å². The largest absolute Gasteiger partial charge is 0.356 e. The van der Waals surface area contributed by atoms with Gasteiger partial charge in [0.15, 0.2) is 6.23 Å². The maximum atomic E-state index is 7.09. The highest BCUT2D eigenvalue weighted by Crippen LogP contribution is 2.50. The maximum absolute atomic E-state index is 7.09. The molecule has 0 radical (unpaired) electrons. The third kappa shape index (κ3) is 2.98. The first kappa shape index (κ1) is 19.0. The van der Waals surface area contributed by atoms with E-state index in [2.05, 4.69) is 99.8 Å². The standard InChI is InChI=1S/C27H21N3OS/c1-3-10-19(11-4-1)27(20-12-5-2-6-13-20)22-14-7-8-15-23(22)29-26(31-27)21-18-28-30-25(21)24-16-9-17-32-24/h1-18,26,29H,(H,28,30). The van der Waals surface area contributed by atoms with Crippen LogP contribution in [0.5, 0.6) is 0 Å². The molecule has 3 heterocycles. The second kappa shape index (κ2) is 7.79. The summed E-state index contributed by atoms with van der Waals surface area (Å²) in [6.07, 6.45) is 1.47. The summed E-state index contributed by atoms with van der Waals surface area (Å²) in [5, 5.41) is 13.2. The first-order valence-electron chi connectivity index (χ1n) is 10.6. The van der Waals surface area contributed by atoms with Crippen LogP contribution in [0.15, 0.2) is 109 Å². The molecule has 1 atom stereocenters. The lowest BCUT2D eigenvalue weighted by Gasteiger charge is -2.44. The SMILES string of the molecule is c1ccc(C2(c3ccccc3)OC(c3cn[nH]c3-c3cccs3)Nc3ccccc32)cc1. The minimum atomic E-state index is -0.765. The van der Waals surface area contributed by atoms with Crippen LogP contribution in [0.2, 0.25) is 0 Å². The Hall–Kier alpha value is -3.67. The molecule has 0 bridgehead atoms. The average molecular weight is 436 g/mol. The van der Waals surface area contributed by atoms with Crippen molar-refractivity contribution in [2.45, 2.75) is 11.8 Å². The van der Waals surface area contributed by atoms with Gasteiger partial charge < -0.3 is 10.1 Å². The topological polar surface area (TPSA) is 49.9 Å². The van der Waals surface area contributed by atoms with Crippen molar-refractivity contribution in [3.63, 3.8) is 0 Å². The molecule has 0 saturated carbocycles. The zero-order valence-electron chi connectivity index (χ0n) is 17.2. The molecule has 32 heavy (non-hydrogen) atoms. The Morgan fingerprint density at radius 1 is 0.781 bits per heavy atom. The van der Waals surface area contributed by atoms with Crippen LogP contribution < -0.4 is 5.32 Å². The zero-order chi connectivity index (χ0) is 21.4. The number of hydrogen-bond acceptors (Lipinski definition) is 4. The summed E-state index contributed by atoms with van der Waals surface area (Å²) in [6.45, 7) is 0. The number of para-hydroxylation sites is 1. The van der Waals surface area contributed by atoms with Crippen molar-refractivity contribution in [3.8, 4) is 10.6 Å². The van der Waals surface area contributed by atoms with E-state index >= 15 is 0 Å². The molecule has 0 spiro atoms. The summed E-state index contributed by atoms with van der Waals surface area (Å²) in [7, 11) is 0. The van der Waals surface area contributed by atoms with Gasteiger partial charge >= 0.3 is 0 Å². The quantitative estimate of drug-likeness (QED) is 0.336. The molecule has 3 aromatic carbocycles. The minimum absolute atomic E-state index is 0.388. The van der Waals surface area contributed by atoms with Crippen molar-refractivity contribution in [3.05, 3.63) is 131 Å². The predicted molar refractivity (Wildman–Crippen MR) is 129 cm³/mol. The fraction of sp³-hybridized carbons (Fsp3) is 0.0741. The number of aromatic nitrogens is 2. The summed E-state index contributed by atoms with van der Waals surface area (Å²) in [5.41, 5.74) is 5.52. The molecule has 5 aromatic rings. The van der Waals surface area contributed by atoms with E-state index in [9.17, 15) is 0 Å². The van der Waals surface area contributed by atoms with E-state index in [1.165, 1.54) is 0 Å². The Labute approximate surface area is 190 Å².